The molecule has 22 heavy (non-hydrogen) atoms. The standard InChI is InChI=1S/C15H17N3O3S/c19-13-12(7-16-15-17(13)4-6-22-15)14(20)18(11-1-2-11)8-10-3-5-21-9-10/h4,6-7,10-11H,1-3,5,8-9H2. The second kappa shape index (κ2) is 5.48. The highest BCUT2D eigenvalue weighted by atomic mass is 32.1. The number of thiazole rings is 1. The van der Waals surface area contributed by atoms with Crippen LogP contribution in [-0.4, -0.2) is 46.0 Å². The van der Waals surface area contributed by atoms with Crippen molar-refractivity contribution in [2.75, 3.05) is 19.8 Å². The molecule has 1 aliphatic carbocycles. The molecule has 3 heterocycles. The summed E-state index contributed by atoms with van der Waals surface area (Å²) in [5.41, 5.74) is -0.105. The lowest BCUT2D eigenvalue weighted by Gasteiger charge is -2.24. The third kappa shape index (κ3) is 2.44. The molecule has 1 amide bonds. The number of aromatic nitrogens is 2. The van der Waals surface area contributed by atoms with Crippen LogP contribution in [0.4, 0.5) is 0 Å². The van der Waals surface area contributed by atoms with Gasteiger partial charge in [-0.2, -0.15) is 0 Å². The summed E-state index contributed by atoms with van der Waals surface area (Å²) in [4.78, 5) is 32.0. The van der Waals surface area contributed by atoms with Gasteiger partial charge in [-0.05, 0) is 19.3 Å². The Morgan fingerprint density at radius 3 is 3.05 bits per heavy atom. The van der Waals surface area contributed by atoms with E-state index in [1.807, 2.05) is 4.90 Å². The van der Waals surface area contributed by atoms with Crippen molar-refractivity contribution in [3.63, 3.8) is 0 Å². The SMILES string of the molecule is O=C(c1cnc2sccn2c1=O)N(CC1CCOC1)C1CC1. The Hall–Kier alpha value is -1.73. The van der Waals surface area contributed by atoms with E-state index in [-0.39, 0.29) is 23.1 Å². The number of rotatable bonds is 4. The molecule has 1 saturated heterocycles. The fraction of sp³-hybridized carbons (Fsp3) is 0.533. The van der Waals surface area contributed by atoms with Gasteiger partial charge in [0.25, 0.3) is 11.5 Å². The van der Waals surface area contributed by atoms with Crippen molar-refractivity contribution < 1.29 is 9.53 Å². The maximum Gasteiger partial charge on any atom is 0.271 e. The van der Waals surface area contributed by atoms with Crippen LogP contribution < -0.4 is 5.56 Å². The van der Waals surface area contributed by atoms with Crippen molar-refractivity contribution in [2.45, 2.75) is 25.3 Å². The molecule has 1 unspecified atom stereocenters. The van der Waals surface area contributed by atoms with Gasteiger partial charge in [0, 0.05) is 42.9 Å². The van der Waals surface area contributed by atoms with E-state index in [4.69, 9.17) is 4.74 Å². The summed E-state index contributed by atoms with van der Waals surface area (Å²) < 4.78 is 6.85. The third-order valence-corrected chi connectivity index (χ3v) is 5.07. The summed E-state index contributed by atoms with van der Waals surface area (Å²) in [5, 5.41) is 1.80. The molecule has 6 nitrogen and oxygen atoms in total. The highest BCUT2D eigenvalue weighted by molar-refractivity contribution is 7.15. The lowest BCUT2D eigenvalue weighted by Crippen LogP contribution is -2.40. The number of carbonyl (C=O) groups is 1. The van der Waals surface area contributed by atoms with Crippen LogP contribution in [0.15, 0.2) is 22.6 Å². The molecular formula is C15H17N3O3S. The minimum atomic E-state index is -0.274. The first kappa shape index (κ1) is 13.9. The molecule has 2 aliphatic rings. The monoisotopic (exact) mass is 319 g/mol. The summed E-state index contributed by atoms with van der Waals surface area (Å²) in [6.07, 6.45) is 6.12. The average Bonchev–Trinajstić information content (AvgIpc) is 3.02. The van der Waals surface area contributed by atoms with Crippen molar-refractivity contribution >= 4 is 22.2 Å². The summed E-state index contributed by atoms with van der Waals surface area (Å²) in [6, 6.07) is 0.274. The predicted molar refractivity (Wildman–Crippen MR) is 82.3 cm³/mol. The van der Waals surface area contributed by atoms with Crippen molar-refractivity contribution in [3.05, 3.63) is 33.7 Å². The minimum absolute atomic E-state index is 0.168. The van der Waals surface area contributed by atoms with Crippen molar-refractivity contribution in [2.24, 2.45) is 5.92 Å². The quantitative estimate of drug-likeness (QED) is 0.854. The molecule has 0 spiro atoms. The number of carbonyl (C=O) groups excluding carboxylic acids is 1. The van der Waals surface area contributed by atoms with Crippen LogP contribution in [0.25, 0.3) is 4.96 Å². The van der Waals surface area contributed by atoms with E-state index in [1.165, 1.54) is 21.9 Å². The molecule has 1 atom stereocenters. The van der Waals surface area contributed by atoms with Crippen LogP contribution in [0.2, 0.25) is 0 Å². The smallest absolute Gasteiger partial charge is 0.271 e. The first-order valence-corrected chi connectivity index (χ1v) is 8.45. The second-order valence-electron chi connectivity index (χ2n) is 5.95. The summed E-state index contributed by atoms with van der Waals surface area (Å²) in [7, 11) is 0. The zero-order chi connectivity index (χ0) is 15.1. The first-order chi connectivity index (χ1) is 10.7. The summed E-state index contributed by atoms with van der Waals surface area (Å²) in [6.45, 7) is 2.15. The van der Waals surface area contributed by atoms with Crippen LogP contribution in [0.3, 0.4) is 0 Å². The lowest BCUT2D eigenvalue weighted by atomic mass is 10.1. The normalized spacial score (nSPS) is 21.4. The Balaban J connectivity index is 1.64. The van der Waals surface area contributed by atoms with E-state index >= 15 is 0 Å². The molecule has 0 aromatic carbocycles. The molecule has 1 saturated carbocycles. The van der Waals surface area contributed by atoms with Crippen molar-refractivity contribution in [3.8, 4) is 0 Å². The minimum Gasteiger partial charge on any atom is -0.381 e. The second-order valence-corrected chi connectivity index (χ2v) is 6.82. The highest BCUT2D eigenvalue weighted by Crippen LogP contribution is 2.30. The Bertz CT molecular complexity index is 759. The van der Waals surface area contributed by atoms with E-state index in [1.54, 1.807) is 11.6 Å². The first-order valence-electron chi connectivity index (χ1n) is 7.57. The summed E-state index contributed by atoms with van der Waals surface area (Å²) >= 11 is 1.39. The third-order valence-electron chi connectivity index (χ3n) is 4.30. The average molecular weight is 319 g/mol. The predicted octanol–water partition coefficient (Wildman–Crippen LogP) is 1.40. The van der Waals surface area contributed by atoms with Gasteiger partial charge in [0.2, 0.25) is 0 Å². The molecular weight excluding hydrogens is 302 g/mol. The molecule has 4 rings (SSSR count). The van der Waals surface area contributed by atoms with Gasteiger partial charge < -0.3 is 9.64 Å². The van der Waals surface area contributed by atoms with Gasteiger partial charge in [0.05, 0.1) is 6.61 Å². The van der Waals surface area contributed by atoms with E-state index in [0.29, 0.717) is 24.0 Å². The van der Waals surface area contributed by atoms with Crippen LogP contribution >= 0.6 is 11.3 Å². The number of ether oxygens (including phenoxy) is 1. The lowest BCUT2D eigenvalue weighted by molar-refractivity contribution is 0.0704. The van der Waals surface area contributed by atoms with Gasteiger partial charge in [0.15, 0.2) is 4.96 Å². The van der Waals surface area contributed by atoms with Gasteiger partial charge in [-0.1, -0.05) is 0 Å². The Morgan fingerprint density at radius 1 is 1.45 bits per heavy atom. The molecule has 2 fully saturated rings. The van der Waals surface area contributed by atoms with Gasteiger partial charge >= 0.3 is 0 Å². The van der Waals surface area contributed by atoms with Crippen LogP contribution in [-0.2, 0) is 4.74 Å². The molecule has 0 radical (unpaired) electrons. The van der Waals surface area contributed by atoms with Gasteiger partial charge in [-0.25, -0.2) is 4.98 Å². The number of nitrogens with zero attached hydrogens (tertiary/aromatic N) is 3. The number of hydrogen-bond donors (Lipinski definition) is 0. The number of amides is 1. The largest absolute Gasteiger partial charge is 0.381 e. The Labute approximate surface area is 131 Å². The van der Waals surface area contributed by atoms with E-state index in [9.17, 15) is 9.59 Å². The van der Waals surface area contributed by atoms with Gasteiger partial charge in [0.1, 0.15) is 5.56 Å². The van der Waals surface area contributed by atoms with E-state index < -0.39 is 0 Å². The maximum absolute atomic E-state index is 12.8. The van der Waals surface area contributed by atoms with Crippen LogP contribution in [0, 0.1) is 5.92 Å². The molecule has 2 aromatic heterocycles. The van der Waals surface area contributed by atoms with Crippen molar-refractivity contribution in [1.29, 1.82) is 0 Å². The van der Waals surface area contributed by atoms with Gasteiger partial charge in [-0.3, -0.25) is 14.0 Å². The fourth-order valence-electron chi connectivity index (χ4n) is 2.92. The van der Waals surface area contributed by atoms with Crippen LogP contribution in [0.5, 0.6) is 0 Å². The van der Waals surface area contributed by atoms with Gasteiger partial charge in [-0.15, -0.1) is 11.3 Å². The molecule has 2 aromatic rings. The maximum atomic E-state index is 12.8. The topological polar surface area (TPSA) is 63.9 Å². The van der Waals surface area contributed by atoms with E-state index in [2.05, 4.69) is 4.98 Å². The number of hydrogen-bond acceptors (Lipinski definition) is 5. The van der Waals surface area contributed by atoms with E-state index in [0.717, 1.165) is 25.9 Å². The molecule has 116 valence electrons. The molecule has 1 aliphatic heterocycles. The number of fused-ring (bicyclic) bond motifs is 1. The fourth-order valence-corrected chi connectivity index (χ4v) is 3.59. The Kier molecular flexibility index (Phi) is 3.46. The zero-order valence-corrected chi connectivity index (χ0v) is 12.9. The van der Waals surface area contributed by atoms with Crippen molar-refractivity contribution in [1.82, 2.24) is 14.3 Å². The molecule has 0 bridgehead atoms. The molecule has 0 N–H and O–H groups in total. The highest BCUT2D eigenvalue weighted by Gasteiger charge is 2.36. The molecule has 7 heteroatoms. The summed E-state index contributed by atoms with van der Waals surface area (Å²) in [5.74, 6) is 0.192. The Morgan fingerprint density at radius 2 is 2.32 bits per heavy atom. The zero-order valence-electron chi connectivity index (χ0n) is 12.1. The van der Waals surface area contributed by atoms with Crippen LogP contribution in [0.1, 0.15) is 29.6 Å².